The molecule has 0 aliphatic carbocycles. The minimum atomic E-state index is -4.19. The Bertz CT molecular complexity index is 1110. The van der Waals surface area contributed by atoms with Crippen LogP contribution in [0.4, 0.5) is 5.82 Å². The number of nitrogens with one attached hydrogen (secondary N) is 1. The van der Waals surface area contributed by atoms with Crippen LogP contribution < -0.4 is 25.6 Å². The Morgan fingerprint density at radius 1 is 1.29 bits per heavy atom. The minimum absolute atomic E-state index is 0.193. The Kier molecular flexibility index (Phi) is 8.08. The molecule has 3 rings (SSSR count). The van der Waals surface area contributed by atoms with Gasteiger partial charge in [0.05, 0.1) is 20.8 Å². The van der Waals surface area contributed by atoms with E-state index in [1.807, 2.05) is 0 Å². The maximum atomic E-state index is 13.4. The van der Waals surface area contributed by atoms with Crippen LogP contribution in [0, 0.1) is 0 Å². The zero-order valence-corrected chi connectivity index (χ0v) is 19.7. The fraction of sp³-hybridized carbons (Fsp3) is 0.450. The summed E-state index contributed by atoms with van der Waals surface area (Å²) in [7, 11) is -1.57. The summed E-state index contributed by atoms with van der Waals surface area (Å²) in [5, 5.41) is 23.4. The van der Waals surface area contributed by atoms with Crippen molar-refractivity contribution in [1.82, 2.24) is 9.65 Å². The van der Waals surface area contributed by atoms with Crippen LogP contribution >= 0.6 is 7.75 Å². The van der Waals surface area contributed by atoms with Crippen molar-refractivity contribution in [3.05, 3.63) is 53.1 Å². The van der Waals surface area contributed by atoms with Gasteiger partial charge in [-0.05, 0) is 19.1 Å². The number of aliphatic hydroxyl groups excluding tert-OH is 2. The van der Waals surface area contributed by atoms with Crippen LogP contribution in [0.1, 0.15) is 13.2 Å². The number of esters is 1. The third-order valence-corrected chi connectivity index (χ3v) is 6.84. The molecule has 2 aromatic rings. The molecule has 186 valence electrons. The van der Waals surface area contributed by atoms with E-state index in [0.717, 1.165) is 9.13 Å². The van der Waals surface area contributed by atoms with E-state index in [4.69, 9.17) is 19.5 Å². The van der Waals surface area contributed by atoms with E-state index in [1.165, 1.54) is 45.5 Å². The molecule has 1 fully saturated rings. The SMILES string of the molecule is COC(=O)C(C)NP(=O)(OC[C@H]1O[C@@H]([n+]2ccc(N)n(C)c2=O)C(O)[C@H]1O)Oc1ccccc1. The topological polar surface area (TPSA) is 175 Å². The highest BCUT2D eigenvalue weighted by Gasteiger charge is 2.48. The summed E-state index contributed by atoms with van der Waals surface area (Å²) < 4.78 is 36.9. The average Bonchev–Trinajstić information content (AvgIpc) is 3.10. The largest absolute Gasteiger partial charge is 0.501 e. The normalized spacial score (nSPS) is 24.9. The molecular weight excluding hydrogens is 471 g/mol. The van der Waals surface area contributed by atoms with Gasteiger partial charge in [-0.25, -0.2) is 4.57 Å². The fourth-order valence-corrected chi connectivity index (χ4v) is 4.76. The van der Waals surface area contributed by atoms with Gasteiger partial charge >= 0.3 is 19.4 Å². The van der Waals surface area contributed by atoms with Gasteiger partial charge in [0.25, 0.3) is 0 Å². The Hall–Kier alpha value is -2.80. The van der Waals surface area contributed by atoms with Crippen LogP contribution in [0.15, 0.2) is 47.4 Å². The van der Waals surface area contributed by atoms with E-state index in [9.17, 15) is 24.4 Å². The lowest BCUT2D eigenvalue weighted by molar-refractivity contribution is -0.781. The monoisotopic (exact) mass is 499 g/mol. The number of carbonyl (C=O) groups is 1. The molecular formula is C20H28N4O9P+. The van der Waals surface area contributed by atoms with E-state index in [0.29, 0.717) is 0 Å². The number of hydrogen-bond acceptors (Lipinski definition) is 10. The molecule has 5 N–H and O–H groups in total. The molecule has 13 nitrogen and oxygen atoms in total. The molecule has 1 aliphatic heterocycles. The number of aliphatic hydroxyl groups is 2. The van der Waals surface area contributed by atoms with Crippen molar-refractivity contribution >= 4 is 19.5 Å². The van der Waals surface area contributed by atoms with Crippen molar-refractivity contribution in [3.63, 3.8) is 0 Å². The van der Waals surface area contributed by atoms with Crippen LogP contribution in [-0.2, 0) is 30.4 Å². The number of anilines is 1. The second-order valence-corrected chi connectivity index (χ2v) is 9.30. The lowest BCUT2D eigenvalue weighted by Crippen LogP contribution is -2.59. The third-order valence-electron chi connectivity index (χ3n) is 5.20. The molecule has 6 atom stereocenters. The van der Waals surface area contributed by atoms with Gasteiger partial charge in [-0.15, -0.1) is 0 Å². The first-order valence-electron chi connectivity index (χ1n) is 10.3. The van der Waals surface area contributed by atoms with Gasteiger partial charge in [0.15, 0.2) is 5.82 Å². The molecule has 0 amide bonds. The highest BCUT2D eigenvalue weighted by molar-refractivity contribution is 7.52. The number of ether oxygens (including phenoxy) is 2. The molecule has 0 saturated carbocycles. The van der Waals surface area contributed by atoms with Gasteiger partial charge in [-0.3, -0.25) is 9.32 Å². The van der Waals surface area contributed by atoms with Crippen molar-refractivity contribution in [1.29, 1.82) is 0 Å². The highest BCUT2D eigenvalue weighted by atomic mass is 31.2. The summed E-state index contributed by atoms with van der Waals surface area (Å²) in [5.74, 6) is -0.315. The smallest absolute Gasteiger partial charge is 0.468 e. The number of nitrogen functional groups attached to an aromatic ring is 1. The van der Waals surface area contributed by atoms with Crippen LogP contribution in [0.2, 0.25) is 0 Å². The van der Waals surface area contributed by atoms with Crippen molar-refractivity contribution < 1.29 is 42.7 Å². The third kappa shape index (κ3) is 5.63. The van der Waals surface area contributed by atoms with Crippen LogP contribution in [0.5, 0.6) is 5.75 Å². The van der Waals surface area contributed by atoms with Crippen molar-refractivity contribution in [2.75, 3.05) is 19.5 Å². The number of rotatable bonds is 9. The number of hydrogen-bond donors (Lipinski definition) is 4. The van der Waals surface area contributed by atoms with Gasteiger partial charge in [0.1, 0.15) is 36.3 Å². The van der Waals surface area contributed by atoms with Gasteiger partial charge in [0.2, 0.25) is 6.23 Å². The molecule has 1 saturated heterocycles. The molecule has 1 aromatic carbocycles. The first-order valence-corrected chi connectivity index (χ1v) is 11.8. The second-order valence-electron chi connectivity index (χ2n) is 7.61. The molecule has 0 bridgehead atoms. The summed E-state index contributed by atoms with van der Waals surface area (Å²) in [6, 6.07) is 8.49. The number of nitrogens with two attached hydrogens (primary N) is 1. The summed E-state index contributed by atoms with van der Waals surface area (Å²) >= 11 is 0. The maximum absolute atomic E-state index is 13.4. The summed E-state index contributed by atoms with van der Waals surface area (Å²) in [6.07, 6.45) is -4.09. The zero-order chi connectivity index (χ0) is 25.0. The average molecular weight is 499 g/mol. The zero-order valence-electron chi connectivity index (χ0n) is 18.8. The number of aromatic nitrogens is 2. The Balaban J connectivity index is 1.77. The van der Waals surface area contributed by atoms with E-state index in [1.54, 1.807) is 18.2 Å². The molecule has 1 aromatic heterocycles. The number of benzene rings is 1. The number of para-hydroxylation sites is 1. The van der Waals surface area contributed by atoms with Crippen molar-refractivity contribution in [2.24, 2.45) is 7.05 Å². The standard InChI is InChI=1S/C20H27N4O9P/c1-12(19(27)30-3)22-34(29,33-13-7-5-4-6-8-13)31-11-14-16(25)17(26)18(32-14)24-10-9-15(21)23(2)20(24)28/h4-10,12,14,16-18,21,25-26H,11H2,1-3H3,(H,22,29)/p+1/t12?,14-,16+,17?,18-,34?/m1/s1. The molecule has 0 radical (unpaired) electrons. The van der Waals surface area contributed by atoms with E-state index in [-0.39, 0.29) is 11.6 Å². The Morgan fingerprint density at radius 3 is 2.62 bits per heavy atom. The maximum Gasteiger partial charge on any atom is 0.501 e. The summed E-state index contributed by atoms with van der Waals surface area (Å²) in [5.41, 5.74) is 5.12. The van der Waals surface area contributed by atoms with Crippen molar-refractivity contribution in [3.8, 4) is 5.75 Å². The molecule has 0 spiro atoms. The molecule has 34 heavy (non-hydrogen) atoms. The predicted octanol–water partition coefficient (Wildman–Crippen LogP) is -0.771. The first kappa shape index (κ1) is 25.8. The molecule has 2 heterocycles. The highest BCUT2D eigenvalue weighted by Crippen LogP contribution is 2.45. The van der Waals surface area contributed by atoms with Gasteiger partial charge in [0, 0.05) is 6.07 Å². The van der Waals surface area contributed by atoms with Crippen molar-refractivity contribution in [2.45, 2.75) is 37.5 Å². The molecule has 1 aliphatic rings. The molecule has 3 unspecified atom stereocenters. The van der Waals surface area contributed by atoms with Crippen LogP contribution in [0.25, 0.3) is 0 Å². The van der Waals surface area contributed by atoms with Gasteiger partial charge in [-0.1, -0.05) is 18.2 Å². The minimum Gasteiger partial charge on any atom is -0.468 e. The fourth-order valence-electron chi connectivity index (χ4n) is 3.25. The number of methoxy groups -OCH3 is 1. The van der Waals surface area contributed by atoms with Gasteiger partial charge in [-0.2, -0.15) is 19.0 Å². The predicted molar refractivity (Wildman–Crippen MR) is 117 cm³/mol. The van der Waals surface area contributed by atoms with E-state index >= 15 is 0 Å². The summed E-state index contributed by atoms with van der Waals surface area (Å²) in [4.78, 5) is 24.3. The lowest BCUT2D eigenvalue weighted by atomic mass is 10.1. The Morgan fingerprint density at radius 2 is 1.97 bits per heavy atom. The number of carbonyl (C=O) groups excluding carboxylic acids is 1. The molecule has 14 heteroatoms. The summed E-state index contributed by atoms with van der Waals surface area (Å²) in [6.45, 7) is 0.903. The van der Waals surface area contributed by atoms with Crippen LogP contribution in [-0.4, -0.2) is 58.8 Å². The van der Waals surface area contributed by atoms with Gasteiger partial charge < -0.3 is 29.9 Å². The van der Waals surface area contributed by atoms with E-state index < -0.39 is 56.6 Å². The van der Waals surface area contributed by atoms with E-state index in [2.05, 4.69) is 9.82 Å². The Labute approximate surface area is 195 Å². The lowest BCUT2D eigenvalue weighted by Gasteiger charge is -2.24. The quantitative estimate of drug-likeness (QED) is 0.194. The second kappa shape index (κ2) is 10.6. The van der Waals surface area contributed by atoms with Crippen LogP contribution in [0.3, 0.4) is 0 Å². The number of nitrogens with zero attached hydrogens (tertiary/aromatic N) is 2. The first-order chi connectivity index (χ1) is 16.1.